The van der Waals surface area contributed by atoms with Crippen LogP contribution in [0.4, 0.5) is 4.79 Å². The van der Waals surface area contributed by atoms with Gasteiger partial charge in [-0.1, -0.05) is 47.5 Å². The Morgan fingerprint density at radius 1 is 1.12 bits per heavy atom. The molecule has 2 aromatic rings. The van der Waals surface area contributed by atoms with Crippen LogP contribution in [0.15, 0.2) is 47.4 Å². The molecule has 1 aliphatic heterocycles. The second-order valence-electron chi connectivity index (χ2n) is 5.29. The van der Waals surface area contributed by atoms with Crippen LogP contribution in [0.1, 0.15) is 11.1 Å². The minimum absolute atomic E-state index is 0.00944. The van der Waals surface area contributed by atoms with Crippen LogP contribution in [0.3, 0.4) is 0 Å². The highest BCUT2D eigenvalue weighted by molar-refractivity contribution is 8.18. The minimum atomic E-state index is -0.492. The number of rotatable bonds is 4. The maximum atomic E-state index is 12.2. The van der Waals surface area contributed by atoms with E-state index in [1.165, 1.54) is 6.08 Å². The predicted octanol–water partition coefficient (Wildman–Crippen LogP) is 4.47. The van der Waals surface area contributed by atoms with Crippen molar-refractivity contribution in [1.29, 1.82) is 0 Å². The molecule has 132 valence electrons. The Bertz CT molecular complexity index is 943. The van der Waals surface area contributed by atoms with E-state index in [1.54, 1.807) is 42.5 Å². The number of halogens is 2. The first kappa shape index (κ1) is 18.5. The van der Waals surface area contributed by atoms with Crippen molar-refractivity contribution in [3.05, 3.63) is 68.5 Å². The van der Waals surface area contributed by atoms with Crippen molar-refractivity contribution in [2.24, 2.45) is 0 Å². The average Bonchev–Trinajstić information content (AvgIpc) is 2.90. The maximum Gasteiger partial charge on any atom is 0.315 e. The van der Waals surface area contributed by atoms with Gasteiger partial charge in [-0.2, -0.15) is 0 Å². The van der Waals surface area contributed by atoms with Crippen molar-refractivity contribution in [2.75, 3.05) is 0 Å². The van der Waals surface area contributed by atoms with Gasteiger partial charge in [-0.3, -0.25) is 19.7 Å². The van der Waals surface area contributed by atoms with E-state index in [9.17, 15) is 14.4 Å². The molecular formula is C18H11Cl2NO4S. The summed E-state index contributed by atoms with van der Waals surface area (Å²) >= 11 is 12.6. The summed E-state index contributed by atoms with van der Waals surface area (Å²) in [6.45, 7) is 0. The molecule has 2 aromatic carbocycles. The van der Waals surface area contributed by atoms with Gasteiger partial charge < -0.3 is 4.74 Å². The fourth-order valence-corrected chi connectivity index (χ4v) is 3.22. The summed E-state index contributed by atoms with van der Waals surface area (Å²) in [5.41, 5.74) is 1.18. The molecule has 1 heterocycles. The second kappa shape index (κ2) is 7.95. The lowest BCUT2D eigenvalue weighted by atomic mass is 10.1. The van der Waals surface area contributed by atoms with Crippen molar-refractivity contribution in [1.82, 2.24) is 5.32 Å². The summed E-state index contributed by atoms with van der Waals surface area (Å²) in [7, 11) is 0. The first-order chi connectivity index (χ1) is 12.4. The fourth-order valence-electron chi connectivity index (χ4n) is 2.23. The smallest absolute Gasteiger partial charge is 0.315 e. The van der Waals surface area contributed by atoms with Crippen molar-refractivity contribution in [3.63, 3.8) is 0 Å². The van der Waals surface area contributed by atoms with E-state index in [1.807, 2.05) is 0 Å². The number of thioether (sulfide) groups is 1. The largest absolute Gasteiger partial charge is 0.426 e. The van der Waals surface area contributed by atoms with Crippen LogP contribution in [-0.4, -0.2) is 17.1 Å². The molecular weight excluding hydrogens is 397 g/mol. The summed E-state index contributed by atoms with van der Waals surface area (Å²) in [6, 6.07) is 11.6. The van der Waals surface area contributed by atoms with Gasteiger partial charge in [0.15, 0.2) is 0 Å². The molecule has 1 N–H and O–H groups in total. The van der Waals surface area contributed by atoms with Gasteiger partial charge in [-0.05, 0) is 41.6 Å². The van der Waals surface area contributed by atoms with Gasteiger partial charge in [-0.15, -0.1) is 0 Å². The minimum Gasteiger partial charge on any atom is -0.426 e. The number of hydrogen-bond donors (Lipinski definition) is 1. The third kappa shape index (κ3) is 4.46. The lowest BCUT2D eigenvalue weighted by molar-refractivity contribution is -0.133. The lowest BCUT2D eigenvalue weighted by Crippen LogP contribution is -2.17. The molecule has 5 nitrogen and oxygen atoms in total. The van der Waals surface area contributed by atoms with Gasteiger partial charge in [0, 0.05) is 5.56 Å². The van der Waals surface area contributed by atoms with Gasteiger partial charge in [0.2, 0.25) is 0 Å². The first-order valence-electron chi connectivity index (χ1n) is 7.41. The molecule has 0 aliphatic carbocycles. The number of ether oxygens (including phenoxy) is 1. The highest BCUT2D eigenvalue weighted by Crippen LogP contribution is 2.29. The van der Waals surface area contributed by atoms with E-state index >= 15 is 0 Å². The summed E-state index contributed by atoms with van der Waals surface area (Å²) < 4.78 is 5.41. The van der Waals surface area contributed by atoms with Crippen LogP contribution < -0.4 is 10.1 Å². The van der Waals surface area contributed by atoms with Crippen molar-refractivity contribution >= 4 is 58.2 Å². The number of amides is 2. The zero-order chi connectivity index (χ0) is 18.7. The molecule has 1 saturated heterocycles. The molecule has 0 radical (unpaired) electrons. The fraction of sp³-hybridized carbons (Fsp3) is 0.0556. The quantitative estimate of drug-likeness (QED) is 0.459. The Morgan fingerprint density at radius 2 is 1.88 bits per heavy atom. The van der Waals surface area contributed by atoms with Crippen molar-refractivity contribution in [2.45, 2.75) is 6.42 Å². The normalized spacial score (nSPS) is 15.2. The molecule has 8 heteroatoms. The number of esters is 1. The molecule has 1 fully saturated rings. The highest BCUT2D eigenvalue weighted by Gasteiger charge is 2.25. The van der Waals surface area contributed by atoms with Crippen LogP contribution in [0.25, 0.3) is 6.08 Å². The Morgan fingerprint density at radius 3 is 2.58 bits per heavy atom. The Kier molecular flexibility index (Phi) is 5.66. The van der Waals surface area contributed by atoms with Crippen LogP contribution in [0, 0.1) is 0 Å². The zero-order valence-corrected chi connectivity index (χ0v) is 15.5. The SMILES string of the molecule is O=C(Cc1ccc(Cl)c(Cl)c1)Oc1ccccc1C=C1SC(=O)NC1=O. The number of para-hydroxylation sites is 1. The first-order valence-corrected chi connectivity index (χ1v) is 8.98. The zero-order valence-electron chi connectivity index (χ0n) is 13.1. The highest BCUT2D eigenvalue weighted by atomic mass is 35.5. The maximum absolute atomic E-state index is 12.2. The standard InChI is InChI=1S/C18H11Cl2NO4S/c19-12-6-5-10(7-13(12)20)8-16(22)25-14-4-2-1-3-11(14)9-15-17(23)21-18(24)26-15/h1-7,9H,8H2,(H,21,23,24). The third-order valence-corrected chi connectivity index (χ3v) is 4.95. The number of nitrogens with one attached hydrogen (secondary N) is 1. The Balaban J connectivity index is 1.76. The van der Waals surface area contributed by atoms with E-state index in [2.05, 4.69) is 5.32 Å². The molecule has 1 aliphatic rings. The Hall–Kier alpha value is -2.28. The third-order valence-electron chi connectivity index (χ3n) is 3.40. The van der Waals surface area contributed by atoms with E-state index in [-0.39, 0.29) is 17.1 Å². The molecule has 0 spiro atoms. The Labute approximate surface area is 163 Å². The van der Waals surface area contributed by atoms with Crippen LogP contribution >= 0.6 is 35.0 Å². The average molecular weight is 408 g/mol. The number of benzene rings is 2. The number of carbonyl (C=O) groups excluding carboxylic acids is 3. The molecule has 0 atom stereocenters. The molecule has 26 heavy (non-hydrogen) atoms. The van der Waals surface area contributed by atoms with Gasteiger partial charge in [-0.25, -0.2) is 0 Å². The topological polar surface area (TPSA) is 72.5 Å². The summed E-state index contributed by atoms with van der Waals surface area (Å²) in [4.78, 5) is 35.4. The summed E-state index contributed by atoms with van der Waals surface area (Å²) in [5, 5.41) is 2.50. The summed E-state index contributed by atoms with van der Waals surface area (Å²) in [6.07, 6.45) is 1.52. The van der Waals surface area contributed by atoms with E-state index < -0.39 is 17.1 Å². The van der Waals surface area contributed by atoms with Crippen LogP contribution in [0.5, 0.6) is 5.75 Å². The molecule has 2 amide bonds. The second-order valence-corrected chi connectivity index (χ2v) is 7.12. The number of carbonyl (C=O) groups is 3. The van der Waals surface area contributed by atoms with Crippen LogP contribution in [0.2, 0.25) is 10.0 Å². The summed E-state index contributed by atoms with van der Waals surface area (Å²) in [5.74, 6) is -0.677. The van der Waals surface area contributed by atoms with E-state index in [4.69, 9.17) is 27.9 Å². The van der Waals surface area contributed by atoms with Crippen molar-refractivity contribution < 1.29 is 19.1 Å². The van der Waals surface area contributed by atoms with Gasteiger partial charge in [0.25, 0.3) is 11.1 Å². The number of hydrogen-bond acceptors (Lipinski definition) is 5. The predicted molar refractivity (Wildman–Crippen MR) is 101 cm³/mol. The van der Waals surface area contributed by atoms with E-state index in [0.717, 1.165) is 11.8 Å². The molecule has 0 bridgehead atoms. The molecule has 3 rings (SSSR count). The van der Waals surface area contributed by atoms with Gasteiger partial charge in [0.1, 0.15) is 5.75 Å². The van der Waals surface area contributed by atoms with E-state index in [0.29, 0.717) is 21.2 Å². The van der Waals surface area contributed by atoms with Gasteiger partial charge >= 0.3 is 5.97 Å². The van der Waals surface area contributed by atoms with Crippen LogP contribution in [-0.2, 0) is 16.0 Å². The molecule has 0 unspecified atom stereocenters. The molecule has 0 aromatic heterocycles. The monoisotopic (exact) mass is 407 g/mol. The molecule has 0 saturated carbocycles. The van der Waals surface area contributed by atoms with Gasteiger partial charge in [0.05, 0.1) is 21.4 Å². The van der Waals surface area contributed by atoms with Crippen molar-refractivity contribution in [3.8, 4) is 5.75 Å². The number of imide groups is 1. The lowest BCUT2D eigenvalue weighted by Gasteiger charge is -2.08.